The first kappa shape index (κ1) is 16.8. The van der Waals surface area contributed by atoms with Crippen LogP contribution < -0.4 is 9.47 Å². The summed E-state index contributed by atoms with van der Waals surface area (Å²) in [7, 11) is 4.94. The highest BCUT2D eigenvalue weighted by Crippen LogP contribution is 2.24. The summed E-state index contributed by atoms with van der Waals surface area (Å²) in [5.41, 5.74) is 1.63. The molecule has 128 valence electrons. The minimum absolute atomic E-state index is 0.0784. The molecule has 0 radical (unpaired) electrons. The van der Waals surface area contributed by atoms with Crippen molar-refractivity contribution in [3.8, 4) is 11.5 Å². The van der Waals surface area contributed by atoms with Crippen LogP contribution in [0.15, 0.2) is 60.7 Å². The van der Waals surface area contributed by atoms with Crippen LogP contribution in [0.3, 0.4) is 0 Å². The zero-order valence-corrected chi connectivity index (χ0v) is 14.7. The molecule has 3 aromatic rings. The van der Waals surface area contributed by atoms with E-state index in [-0.39, 0.29) is 5.91 Å². The van der Waals surface area contributed by atoms with Crippen LogP contribution in [-0.2, 0) is 6.54 Å². The van der Waals surface area contributed by atoms with Crippen molar-refractivity contribution in [3.05, 3.63) is 71.8 Å². The summed E-state index contributed by atoms with van der Waals surface area (Å²) in [4.78, 5) is 14.5. The number of carbonyl (C=O) groups excluding carboxylic acids is 1. The Morgan fingerprint density at radius 3 is 2.16 bits per heavy atom. The second kappa shape index (κ2) is 7.26. The molecule has 25 heavy (non-hydrogen) atoms. The largest absolute Gasteiger partial charge is 0.497 e. The Labute approximate surface area is 147 Å². The van der Waals surface area contributed by atoms with Gasteiger partial charge in [0.1, 0.15) is 11.5 Å². The molecule has 0 aliphatic rings. The monoisotopic (exact) mass is 335 g/mol. The number of fused-ring (bicyclic) bond motifs is 1. The molecule has 0 saturated heterocycles. The third-order valence-electron chi connectivity index (χ3n) is 4.18. The summed E-state index contributed by atoms with van der Waals surface area (Å²) in [5.74, 6) is 1.12. The van der Waals surface area contributed by atoms with Gasteiger partial charge < -0.3 is 14.4 Å². The lowest BCUT2D eigenvalue weighted by Crippen LogP contribution is -2.26. The van der Waals surface area contributed by atoms with Crippen molar-refractivity contribution >= 4 is 16.7 Å². The molecule has 1 amide bonds. The van der Waals surface area contributed by atoms with E-state index >= 15 is 0 Å². The van der Waals surface area contributed by atoms with Gasteiger partial charge in [-0.15, -0.1) is 0 Å². The first-order chi connectivity index (χ1) is 12.1. The third-order valence-corrected chi connectivity index (χ3v) is 4.18. The molecule has 0 N–H and O–H groups in total. The Bertz CT molecular complexity index is 882. The molecule has 0 saturated carbocycles. The fraction of sp³-hybridized carbons (Fsp3) is 0.190. The van der Waals surface area contributed by atoms with Crippen LogP contribution in [0.1, 0.15) is 15.9 Å². The van der Waals surface area contributed by atoms with Gasteiger partial charge in [-0.05, 0) is 34.5 Å². The van der Waals surface area contributed by atoms with Crippen molar-refractivity contribution < 1.29 is 14.3 Å². The van der Waals surface area contributed by atoms with Gasteiger partial charge in [0.25, 0.3) is 5.91 Å². The number of hydrogen-bond donors (Lipinski definition) is 0. The van der Waals surface area contributed by atoms with Crippen LogP contribution in [0.5, 0.6) is 11.5 Å². The minimum Gasteiger partial charge on any atom is -0.497 e. The van der Waals surface area contributed by atoms with Crippen molar-refractivity contribution in [3.63, 3.8) is 0 Å². The van der Waals surface area contributed by atoms with Gasteiger partial charge in [-0.2, -0.15) is 0 Å². The van der Waals surface area contributed by atoms with Crippen molar-refractivity contribution in [2.24, 2.45) is 0 Å². The second-order valence-corrected chi connectivity index (χ2v) is 5.94. The number of methoxy groups -OCH3 is 2. The molecular formula is C21H21NO3. The van der Waals surface area contributed by atoms with E-state index in [1.54, 1.807) is 44.4 Å². The lowest BCUT2D eigenvalue weighted by molar-refractivity contribution is 0.0784. The quantitative estimate of drug-likeness (QED) is 0.704. The van der Waals surface area contributed by atoms with Crippen molar-refractivity contribution in [1.82, 2.24) is 4.90 Å². The SMILES string of the molecule is COc1cc(OC)cc(C(=O)N(C)Cc2ccc3ccccc3c2)c1. The number of amides is 1. The number of carbonyl (C=O) groups is 1. The van der Waals surface area contributed by atoms with E-state index in [0.717, 1.165) is 5.56 Å². The lowest BCUT2D eigenvalue weighted by Gasteiger charge is -2.18. The Balaban J connectivity index is 1.82. The van der Waals surface area contributed by atoms with Gasteiger partial charge in [-0.3, -0.25) is 4.79 Å². The third kappa shape index (κ3) is 3.74. The topological polar surface area (TPSA) is 38.8 Å². The molecule has 4 heteroatoms. The Morgan fingerprint density at radius 2 is 1.52 bits per heavy atom. The first-order valence-electron chi connectivity index (χ1n) is 8.07. The van der Waals surface area contributed by atoms with Gasteiger partial charge >= 0.3 is 0 Å². The van der Waals surface area contributed by atoms with Crippen molar-refractivity contribution in [1.29, 1.82) is 0 Å². The van der Waals surface area contributed by atoms with E-state index in [1.807, 2.05) is 12.1 Å². The second-order valence-electron chi connectivity index (χ2n) is 5.94. The number of benzene rings is 3. The standard InChI is InChI=1S/C21H21NO3/c1-22(14-15-8-9-16-6-4-5-7-17(16)10-15)21(23)18-11-19(24-2)13-20(12-18)25-3/h4-13H,14H2,1-3H3. The molecule has 0 heterocycles. The molecule has 0 spiro atoms. The number of rotatable bonds is 5. The van der Waals surface area contributed by atoms with Crippen LogP contribution in [0.25, 0.3) is 10.8 Å². The smallest absolute Gasteiger partial charge is 0.254 e. The van der Waals surface area contributed by atoms with E-state index in [9.17, 15) is 4.79 Å². The maximum Gasteiger partial charge on any atom is 0.254 e. The van der Waals surface area contributed by atoms with Gasteiger partial charge in [0.15, 0.2) is 0 Å². The van der Waals surface area contributed by atoms with Gasteiger partial charge in [0.05, 0.1) is 14.2 Å². The Morgan fingerprint density at radius 1 is 0.880 bits per heavy atom. The molecule has 3 aromatic carbocycles. The molecule has 4 nitrogen and oxygen atoms in total. The van der Waals surface area contributed by atoms with Crippen LogP contribution >= 0.6 is 0 Å². The summed E-state index contributed by atoms with van der Waals surface area (Å²) in [6.07, 6.45) is 0. The predicted octanol–water partition coefficient (Wildman–Crippen LogP) is 4.13. The molecule has 0 fully saturated rings. The maximum atomic E-state index is 12.8. The number of hydrogen-bond acceptors (Lipinski definition) is 3. The first-order valence-corrected chi connectivity index (χ1v) is 8.07. The summed E-state index contributed by atoms with van der Waals surface area (Å²) in [6, 6.07) is 19.6. The number of ether oxygens (including phenoxy) is 2. The highest BCUT2D eigenvalue weighted by Gasteiger charge is 2.15. The average Bonchev–Trinajstić information content (AvgIpc) is 2.66. The van der Waals surface area contributed by atoms with E-state index in [4.69, 9.17) is 9.47 Å². The van der Waals surface area contributed by atoms with Crippen LogP contribution in [0.2, 0.25) is 0 Å². The average molecular weight is 335 g/mol. The lowest BCUT2D eigenvalue weighted by atomic mass is 10.1. The van der Waals surface area contributed by atoms with Gasteiger partial charge in [0, 0.05) is 25.2 Å². The summed E-state index contributed by atoms with van der Waals surface area (Å²) in [6.45, 7) is 0.531. The molecule has 0 unspecified atom stereocenters. The fourth-order valence-electron chi connectivity index (χ4n) is 2.83. The number of nitrogens with zero attached hydrogens (tertiary/aromatic N) is 1. The van der Waals surface area contributed by atoms with Crippen LogP contribution in [-0.4, -0.2) is 32.1 Å². The Kier molecular flexibility index (Phi) is 4.89. The fourth-order valence-corrected chi connectivity index (χ4v) is 2.83. The Hall–Kier alpha value is -3.01. The maximum absolute atomic E-state index is 12.8. The highest BCUT2D eigenvalue weighted by molar-refractivity contribution is 5.95. The molecular weight excluding hydrogens is 314 g/mol. The summed E-state index contributed by atoms with van der Waals surface area (Å²) < 4.78 is 10.5. The van der Waals surface area contributed by atoms with Gasteiger partial charge in [-0.25, -0.2) is 0 Å². The van der Waals surface area contributed by atoms with E-state index < -0.39 is 0 Å². The molecule has 0 atom stereocenters. The molecule has 0 aromatic heterocycles. The van der Waals surface area contributed by atoms with E-state index in [1.165, 1.54) is 10.8 Å². The molecule has 0 aliphatic heterocycles. The van der Waals surface area contributed by atoms with E-state index in [2.05, 4.69) is 30.3 Å². The van der Waals surface area contributed by atoms with Crippen molar-refractivity contribution in [2.45, 2.75) is 6.54 Å². The molecule has 3 rings (SSSR count). The minimum atomic E-state index is -0.0784. The molecule has 0 bridgehead atoms. The zero-order valence-electron chi connectivity index (χ0n) is 14.7. The van der Waals surface area contributed by atoms with E-state index in [0.29, 0.717) is 23.6 Å². The van der Waals surface area contributed by atoms with Gasteiger partial charge in [0.2, 0.25) is 0 Å². The predicted molar refractivity (Wildman–Crippen MR) is 99.3 cm³/mol. The molecule has 0 aliphatic carbocycles. The normalized spacial score (nSPS) is 10.5. The van der Waals surface area contributed by atoms with Gasteiger partial charge in [-0.1, -0.05) is 36.4 Å². The summed E-state index contributed by atoms with van der Waals surface area (Å²) in [5, 5.41) is 2.36. The van der Waals surface area contributed by atoms with Crippen molar-refractivity contribution in [2.75, 3.05) is 21.3 Å². The summed E-state index contributed by atoms with van der Waals surface area (Å²) >= 11 is 0. The highest BCUT2D eigenvalue weighted by atomic mass is 16.5. The van der Waals surface area contributed by atoms with Crippen LogP contribution in [0.4, 0.5) is 0 Å². The van der Waals surface area contributed by atoms with Crippen LogP contribution in [0, 0.1) is 0 Å². The zero-order chi connectivity index (χ0) is 17.8.